The Bertz CT molecular complexity index is 855. The summed E-state index contributed by atoms with van der Waals surface area (Å²) in [6.45, 7) is 3.41. The summed E-state index contributed by atoms with van der Waals surface area (Å²) in [7, 11) is 0. The van der Waals surface area contributed by atoms with E-state index in [1.807, 2.05) is 12.1 Å². The maximum Gasteiger partial charge on any atom is 0.307 e. The van der Waals surface area contributed by atoms with Gasteiger partial charge in [-0.05, 0) is 61.8 Å². The monoisotopic (exact) mass is 466 g/mol. The van der Waals surface area contributed by atoms with Crippen LogP contribution in [0.2, 0.25) is 10.0 Å². The van der Waals surface area contributed by atoms with Crippen LogP contribution in [-0.2, 0) is 17.8 Å². The number of carboxylic acids is 1. The summed E-state index contributed by atoms with van der Waals surface area (Å²) in [5, 5.41) is 23.9. The summed E-state index contributed by atoms with van der Waals surface area (Å²) >= 11 is 11.9. The van der Waals surface area contributed by atoms with Crippen molar-refractivity contribution >= 4 is 29.2 Å². The number of aliphatic carboxylic acids is 1. The molecule has 0 spiro atoms. The fourth-order valence-corrected chi connectivity index (χ4v) is 4.00. The lowest BCUT2D eigenvalue weighted by atomic mass is 10.0. The first-order valence-electron chi connectivity index (χ1n) is 10.4. The molecule has 0 bridgehead atoms. The van der Waals surface area contributed by atoms with E-state index in [9.17, 15) is 9.90 Å². The van der Waals surface area contributed by atoms with Crippen molar-refractivity contribution in [3.8, 4) is 5.75 Å². The molecule has 3 rings (SSSR count). The molecule has 31 heavy (non-hydrogen) atoms. The Hall–Kier alpha value is -1.83. The molecule has 168 valence electrons. The Morgan fingerprint density at radius 2 is 1.81 bits per heavy atom. The van der Waals surface area contributed by atoms with Gasteiger partial charge in [0, 0.05) is 34.7 Å². The van der Waals surface area contributed by atoms with Crippen molar-refractivity contribution in [3.05, 3.63) is 63.6 Å². The highest BCUT2D eigenvalue weighted by Gasteiger charge is 2.20. The van der Waals surface area contributed by atoms with Crippen molar-refractivity contribution in [1.29, 1.82) is 0 Å². The summed E-state index contributed by atoms with van der Waals surface area (Å²) in [5.74, 6) is -0.530. The lowest BCUT2D eigenvalue weighted by molar-refractivity contribution is -0.136. The summed E-state index contributed by atoms with van der Waals surface area (Å²) in [5.41, 5.74) is 1.75. The molecule has 2 aromatic carbocycles. The van der Waals surface area contributed by atoms with Crippen LogP contribution in [0, 0.1) is 0 Å². The van der Waals surface area contributed by atoms with Gasteiger partial charge in [0.2, 0.25) is 0 Å². The highest BCUT2D eigenvalue weighted by Crippen LogP contribution is 2.24. The van der Waals surface area contributed by atoms with E-state index < -0.39 is 12.1 Å². The Morgan fingerprint density at radius 3 is 2.48 bits per heavy atom. The number of ether oxygens (including phenoxy) is 1. The van der Waals surface area contributed by atoms with Crippen molar-refractivity contribution in [3.63, 3.8) is 0 Å². The molecule has 1 aliphatic rings. The van der Waals surface area contributed by atoms with Crippen LogP contribution < -0.4 is 10.1 Å². The number of rotatable bonds is 10. The number of likely N-dealkylation sites (tertiary alicyclic amines) is 1. The second-order valence-corrected chi connectivity index (χ2v) is 8.75. The molecular formula is C23H28Cl2N2O4. The van der Waals surface area contributed by atoms with Gasteiger partial charge in [0.15, 0.2) is 0 Å². The fraction of sp³-hybridized carbons (Fsp3) is 0.435. The standard InChI is InChI=1S/C23H28Cl2N2O4/c24-18-3-1-16(2-4-18)14-27-9-7-20(8-10-27)26-13-21(28)15-31-22-6-5-19(25)11-17(22)12-23(29)30/h1-6,11,20-21,26,28H,7-10,12-15H2,(H,29,30)/t21-/m0/s1. The zero-order chi connectivity index (χ0) is 22.2. The molecule has 3 N–H and O–H groups in total. The summed E-state index contributed by atoms with van der Waals surface area (Å²) in [6, 6.07) is 13.2. The van der Waals surface area contributed by atoms with E-state index >= 15 is 0 Å². The van der Waals surface area contributed by atoms with Gasteiger partial charge in [0.25, 0.3) is 0 Å². The van der Waals surface area contributed by atoms with Crippen LogP contribution in [0.25, 0.3) is 0 Å². The second kappa shape index (κ2) is 11.7. The van der Waals surface area contributed by atoms with Crippen LogP contribution in [-0.4, -0.2) is 59.5 Å². The Morgan fingerprint density at radius 1 is 1.13 bits per heavy atom. The Kier molecular flexibility index (Phi) is 8.99. The van der Waals surface area contributed by atoms with E-state index in [0.29, 0.717) is 28.9 Å². The number of carbonyl (C=O) groups is 1. The first-order valence-corrected chi connectivity index (χ1v) is 11.2. The highest BCUT2D eigenvalue weighted by atomic mass is 35.5. The molecule has 1 saturated heterocycles. The maximum atomic E-state index is 11.0. The van der Waals surface area contributed by atoms with Gasteiger partial charge in [-0.1, -0.05) is 35.3 Å². The van der Waals surface area contributed by atoms with E-state index in [-0.39, 0.29) is 13.0 Å². The number of aliphatic hydroxyl groups is 1. The third kappa shape index (κ3) is 7.98. The highest BCUT2D eigenvalue weighted by molar-refractivity contribution is 6.30. The van der Waals surface area contributed by atoms with Gasteiger partial charge < -0.3 is 20.3 Å². The van der Waals surface area contributed by atoms with E-state index in [2.05, 4.69) is 22.3 Å². The van der Waals surface area contributed by atoms with Crippen molar-refractivity contribution in [2.24, 2.45) is 0 Å². The topological polar surface area (TPSA) is 82.0 Å². The molecule has 0 saturated carbocycles. The van der Waals surface area contributed by atoms with Crippen molar-refractivity contribution in [1.82, 2.24) is 10.2 Å². The van der Waals surface area contributed by atoms with Gasteiger partial charge in [0.05, 0.1) is 6.42 Å². The molecular weight excluding hydrogens is 439 g/mol. The number of nitrogens with one attached hydrogen (secondary N) is 1. The summed E-state index contributed by atoms with van der Waals surface area (Å²) < 4.78 is 5.66. The number of halogens is 2. The lowest BCUT2D eigenvalue weighted by Gasteiger charge is -2.33. The first-order chi connectivity index (χ1) is 14.9. The van der Waals surface area contributed by atoms with Crippen LogP contribution in [0.15, 0.2) is 42.5 Å². The Balaban J connectivity index is 1.37. The largest absolute Gasteiger partial charge is 0.491 e. The van der Waals surface area contributed by atoms with Gasteiger partial charge in [-0.25, -0.2) is 0 Å². The van der Waals surface area contributed by atoms with Crippen molar-refractivity contribution in [2.75, 3.05) is 26.2 Å². The molecule has 8 heteroatoms. The van der Waals surface area contributed by atoms with Crippen molar-refractivity contribution in [2.45, 2.75) is 38.0 Å². The number of aliphatic hydroxyl groups excluding tert-OH is 1. The quantitative estimate of drug-likeness (QED) is 0.496. The van der Waals surface area contributed by atoms with Gasteiger partial charge in [-0.15, -0.1) is 0 Å². The van der Waals surface area contributed by atoms with Gasteiger partial charge >= 0.3 is 5.97 Å². The zero-order valence-corrected chi connectivity index (χ0v) is 18.8. The van der Waals surface area contributed by atoms with E-state index in [0.717, 1.165) is 37.5 Å². The number of hydrogen-bond donors (Lipinski definition) is 3. The summed E-state index contributed by atoms with van der Waals surface area (Å²) in [6.07, 6.45) is 1.15. The maximum absolute atomic E-state index is 11.0. The molecule has 0 aliphatic carbocycles. The molecule has 1 heterocycles. The smallest absolute Gasteiger partial charge is 0.307 e. The van der Waals surface area contributed by atoms with Crippen LogP contribution in [0.3, 0.4) is 0 Å². The third-order valence-electron chi connectivity index (χ3n) is 5.34. The van der Waals surface area contributed by atoms with Crippen LogP contribution in [0.5, 0.6) is 5.75 Å². The van der Waals surface area contributed by atoms with Crippen LogP contribution in [0.4, 0.5) is 0 Å². The third-order valence-corrected chi connectivity index (χ3v) is 5.83. The molecule has 2 aromatic rings. The molecule has 1 aliphatic heterocycles. The minimum atomic E-state index is -0.961. The Labute approximate surface area is 192 Å². The molecule has 0 aromatic heterocycles. The van der Waals surface area contributed by atoms with E-state index in [4.69, 9.17) is 33.0 Å². The number of benzene rings is 2. The SMILES string of the molecule is O=C(O)Cc1cc(Cl)ccc1OC[C@@H](O)CNC1CCN(Cc2ccc(Cl)cc2)CC1. The number of nitrogens with zero attached hydrogens (tertiary/aromatic N) is 1. The van der Waals surface area contributed by atoms with Crippen molar-refractivity contribution < 1.29 is 19.7 Å². The lowest BCUT2D eigenvalue weighted by Crippen LogP contribution is -2.45. The predicted octanol–water partition coefficient (Wildman–Crippen LogP) is 3.61. The first kappa shape index (κ1) is 23.8. The minimum Gasteiger partial charge on any atom is -0.491 e. The van der Waals surface area contributed by atoms with Crippen LogP contribution in [0.1, 0.15) is 24.0 Å². The van der Waals surface area contributed by atoms with E-state index in [1.54, 1.807) is 18.2 Å². The fourth-order valence-electron chi connectivity index (χ4n) is 3.68. The zero-order valence-electron chi connectivity index (χ0n) is 17.3. The van der Waals surface area contributed by atoms with Gasteiger partial charge in [-0.2, -0.15) is 0 Å². The van der Waals surface area contributed by atoms with Crippen LogP contribution >= 0.6 is 23.2 Å². The predicted molar refractivity (Wildman–Crippen MR) is 122 cm³/mol. The molecule has 0 radical (unpaired) electrons. The molecule has 1 atom stereocenters. The molecule has 0 unspecified atom stereocenters. The number of carboxylic acid groups (broad SMARTS) is 1. The molecule has 6 nitrogen and oxygen atoms in total. The summed E-state index contributed by atoms with van der Waals surface area (Å²) in [4.78, 5) is 13.4. The number of hydrogen-bond acceptors (Lipinski definition) is 5. The van der Waals surface area contributed by atoms with E-state index in [1.165, 1.54) is 5.56 Å². The van der Waals surface area contributed by atoms with Gasteiger partial charge in [0.1, 0.15) is 18.5 Å². The normalized spacial score (nSPS) is 16.2. The molecule has 0 amide bonds. The average Bonchev–Trinajstić information content (AvgIpc) is 2.74. The average molecular weight is 467 g/mol. The van der Waals surface area contributed by atoms with Gasteiger partial charge in [-0.3, -0.25) is 9.69 Å². The number of piperidine rings is 1. The second-order valence-electron chi connectivity index (χ2n) is 7.87. The minimum absolute atomic E-state index is 0.0800. The molecule has 1 fully saturated rings.